The van der Waals surface area contributed by atoms with Crippen LogP contribution in [0, 0.1) is 0 Å². The number of rotatable bonds is 7. The highest BCUT2D eigenvalue weighted by Crippen LogP contribution is 2.29. The number of ether oxygens (including phenoxy) is 3. The number of hydrogen-bond acceptors (Lipinski definition) is 4. The van der Waals surface area contributed by atoms with Crippen LogP contribution in [-0.4, -0.2) is 18.8 Å². The van der Waals surface area contributed by atoms with Crippen molar-refractivity contribution >= 4 is 0 Å². The molecule has 0 amide bonds. The van der Waals surface area contributed by atoms with Crippen LogP contribution < -0.4 is 14.2 Å². The van der Waals surface area contributed by atoms with Gasteiger partial charge in [-0.2, -0.15) is 0 Å². The maximum Gasteiger partial charge on any atom is 0.161 e. The lowest BCUT2D eigenvalue weighted by Crippen LogP contribution is -2.02. The Kier molecular flexibility index (Phi) is 5.46. The van der Waals surface area contributed by atoms with Crippen molar-refractivity contribution in [2.75, 3.05) is 13.7 Å². The summed E-state index contributed by atoms with van der Waals surface area (Å²) in [5, 5.41) is 9.22. The predicted molar refractivity (Wildman–Crippen MR) is 80.9 cm³/mol. The third-order valence-electron chi connectivity index (χ3n) is 3.06. The minimum Gasteiger partial charge on any atom is -0.496 e. The summed E-state index contributed by atoms with van der Waals surface area (Å²) in [5.41, 5.74) is 1.71. The molecule has 0 aliphatic heterocycles. The van der Waals surface area contributed by atoms with Crippen molar-refractivity contribution in [1.82, 2.24) is 0 Å². The molecule has 0 saturated carbocycles. The molecule has 0 bridgehead atoms. The third-order valence-corrected chi connectivity index (χ3v) is 3.06. The first-order valence-corrected chi connectivity index (χ1v) is 6.89. The Morgan fingerprint density at radius 2 is 1.67 bits per heavy atom. The summed E-state index contributed by atoms with van der Waals surface area (Å²) in [6, 6.07) is 13.1. The van der Waals surface area contributed by atoms with Gasteiger partial charge in [0.05, 0.1) is 20.3 Å². The fourth-order valence-electron chi connectivity index (χ4n) is 2.04. The molecule has 1 N–H and O–H groups in total. The van der Waals surface area contributed by atoms with Gasteiger partial charge in [-0.25, -0.2) is 0 Å². The van der Waals surface area contributed by atoms with Gasteiger partial charge < -0.3 is 19.3 Å². The van der Waals surface area contributed by atoms with Crippen LogP contribution in [0.25, 0.3) is 0 Å². The molecule has 0 atom stereocenters. The molecule has 0 aromatic heterocycles. The highest BCUT2D eigenvalue weighted by molar-refractivity contribution is 5.41. The van der Waals surface area contributed by atoms with E-state index in [2.05, 4.69) is 0 Å². The van der Waals surface area contributed by atoms with Crippen molar-refractivity contribution in [1.29, 1.82) is 0 Å². The standard InChI is InChI=1S/C17H20O4/c1-3-20-16-6-4-5-7-17(16)21-12-14-10-13(11-18)8-9-15(14)19-2/h4-10,18H,3,11-12H2,1-2H3. The van der Waals surface area contributed by atoms with Gasteiger partial charge in [0.25, 0.3) is 0 Å². The molecule has 2 rings (SSSR count). The van der Waals surface area contributed by atoms with Gasteiger partial charge in [-0.15, -0.1) is 0 Å². The van der Waals surface area contributed by atoms with E-state index in [1.54, 1.807) is 7.11 Å². The zero-order chi connectivity index (χ0) is 15.1. The predicted octanol–water partition coefficient (Wildman–Crippen LogP) is 3.17. The topological polar surface area (TPSA) is 47.9 Å². The molecule has 2 aromatic carbocycles. The van der Waals surface area contributed by atoms with Crippen molar-refractivity contribution in [3.05, 3.63) is 53.6 Å². The first-order chi connectivity index (χ1) is 10.3. The first kappa shape index (κ1) is 15.2. The van der Waals surface area contributed by atoms with Crippen LogP contribution in [0.2, 0.25) is 0 Å². The molecule has 0 aliphatic carbocycles. The molecule has 0 heterocycles. The normalized spacial score (nSPS) is 10.2. The van der Waals surface area contributed by atoms with Gasteiger partial charge in [-0.05, 0) is 36.8 Å². The lowest BCUT2D eigenvalue weighted by molar-refractivity contribution is 0.263. The van der Waals surface area contributed by atoms with Gasteiger partial charge in [0.2, 0.25) is 0 Å². The maximum absolute atomic E-state index is 9.22. The largest absolute Gasteiger partial charge is 0.496 e. The summed E-state index contributed by atoms with van der Waals surface area (Å²) in [7, 11) is 1.62. The van der Waals surface area contributed by atoms with Gasteiger partial charge in [-0.1, -0.05) is 18.2 Å². The second-order valence-electron chi connectivity index (χ2n) is 4.47. The van der Waals surface area contributed by atoms with E-state index in [-0.39, 0.29) is 6.61 Å². The van der Waals surface area contributed by atoms with Gasteiger partial charge in [0, 0.05) is 5.56 Å². The molecule has 4 nitrogen and oxygen atoms in total. The van der Waals surface area contributed by atoms with Crippen molar-refractivity contribution in [3.63, 3.8) is 0 Å². The van der Waals surface area contributed by atoms with Crippen LogP contribution in [0.4, 0.5) is 0 Å². The van der Waals surface area contributed by atoms with E-state index in [1.807, 2.05) is 49.4 Å². The quantitative estimate of drug-likeness (QED) is 0.850. The molecule has 0 unspecified atom stereocenters. The van der Waals surface area contributed by atoms with Crippen LogP contribution in [0.5, 0.6) is 17.2 Å². The van der Waals surface area contributed by atoms with Crippen LogP contribution in [0.15, 0.2) is 42.5 Å². The molecule has 0 spiro atoms. The Hall–Kier alpha value is -2.20. The average molecular weight is 288 g/mol. The monoisotopic (exact) mass is 288 g/mol. The van der Waals surface area contributed by atoms with Crippen LogP contribution in [-0.2, 0) is 13.2 Å². The van der Waals surface area contributed by atoms with Crippen molar-refractivity contribution in [2.24, 2.45) is 0 Å². The van der Waals surface area contributed by atoms with E-state index >= 15 is 0 Å². The Morgan fingerprint density at radius 1 is 0.952 bits per heavy atom. The van der Waals surface area contributed by atoms with Crippen LogP contribution >= 0.6 is 0 Å². The van der Waals surface area contributed by atoms with E-state index in [4.69, 9.17) is 14.2 Å². The third kappa shape index (κ3) is 3.89. The Bertz CT molecular complexity index is 581. The molecule has 4 heteroatoms. The number of benzene rings is 2. The number of aliphatic hydroxyl groups excluding tert-OH is 1. The smallest absolute Gasteiger partial charge is 0.161 e. The zero-order valence-electron chi connectivity index (χ0n) is 12.3. The summed E-state index contributed by atoms with van der Waals surface area (Å²) < 4.78 is 16.7. The number of methoxy groups -OCH3 is 1. The average Bonchev–Trinajstić information content (AvgIpc) is 2.54. The fraction of sp³-hybridized carbons (Fsp3) is 0.294. The molecule has 2 aromatic rings. The maximum atomic E-state index is 9.22. The van der Waals surface area contributed by atoms with E-state index in [0.29, 0.717) is 19.0 Å². The van der Waals surface area contributed by atoms with E-state index in [1.165, 1.54) is 0 Å². The number of hydrogen-bond donors (Lipinski definition) is 1. The van der Waals surface area contributed by atoms with E-state index in [0.717, 1.165) is 22.6 Å². The van der Waals surface area contributed by atoms with E-state index in [9.17, 15) is 5.11 Å². The fourth-order valence-corrected chi connectivity index (χ4v) is 2.04. The number of aliphatic hydroxyl groups is 1. The lowest BCUT2D eigenvalue weighted by atomic mass is 10.1. The van der Waals surface area contributed by atoms with E-state index < -0.39 is 0 Å². The summed E-state index contributed by atoms with van der Waals surface area (Å²) in [6.07, 6.45) is 0. The van der Waals surface area contributed by atoms with Crippen molar-refractivity contribution in [2.45, 2.75) is 20.1 Å². The first-order valence-electron chi connectivity index (χ1n) is 6.89. The molecule has 0 aliphatic rings. The van der Waals surface area contributed by atoms with Crippen LogP contribution in [0.1, 0.15) is 18.1 Å². The number of para-hydroxylation sites is 2. The molecule has 0 radical (unpaired) electrons. The molecular formula is C17H20O4. The summed E-state index contributed by atoms with van der Waals surface area (Å²) >= 11 is 0. The minimum absolute atomic E-state index is 0.00741. The van der Waals surface area contributed by atoms with Gasteiger partial charge >= 0.3 is 0 Å². The second-order valence-corrected chi connectivity index (χ2v) is 4.47. The molecule has 21 heavy (non-hydrogen) atoms. The zero-order valence-corrected chi connectivity index (χ0v) is 12.3. The Morgan fingerprint density at radius 3 is 2.29 bits per heavy atom. The van der Waals surface area contributed by atoms with Gasteiger partial charge in [-0.3, -0.25) is 0 Å². The molecular weight excluding hydrogens is 268 g/mol. The van der Waals surface area contributed by atoms with Gasteiger partial charge in [0.15, 0.2) is 11.5 Å². The Labute approximate surface area is 124 Å². The highest BCUT2D eigenvalue weighted by atomic mass is 16.5. The van der Waals surface area contributed by atoms with Gasteiger partial charge in [0.1, 0.15) is 12.4 Å². The van der Waals surface area contributed by atoms with Crippen molar-refractivity contribution < 1.29 is 19.3 Å². The molecule has 112 valence electrons. The highest BCUT2D eigenvalue weighted by Gasteiger charge is 2.08. The second kappa shape index (κ2) is 7.55. The molecule has 0 fully saturated rings. The summed E-state index contributed by atoms with van der Waals surface area (Å²) in [5.74, 6) is 2.15. The van der Waals surface area contributed by atoms with Crippen molar-refractivity contribution in [3.8, 4) is 17.2 Å². The molecule has 0 saturated heterocycles. The summed E-state index contributed by atoms with van der Waals surface area (Å²) in [4.78, 5) is 0. The SMILES string of the molecule is CCOc1ccccc1OCc1cc(CO)ccc1OC. The summed E-state index contributed by atoms with van der Waals surface area (Å²) in [6.45, 7) is 2.86. The Balaban J connectivity index is 2.16. The minimum atomic E-state index is -0.00741. The van der Waals surface area contributed by atoms with Crippen LogP contribution in [0.3, 0.4) is 0 Å². The lowest BCUT2D eigenvalue weighted by Gasteiger charge is -2.14.